The van der Waals surface area contributed by atoms with E-state index in [1.165, 1.54) is 10.9 Å². The maximum atomic E-state index is 11.2. The van der Waals surface area contributed by atoms with Crippen molar-refractivity contribution in [2.45, 2.75) is 0 Å². The molecule has 5 nitrogen and oxygen atoms in total. The molecule has 1 amide bonds. The molecule has 0 atom stereocenters. The van der Waals surface area contributed by atoms with E-state index in [4.69, 9.17) is 17.3 Å². The molecule has 0 saturated carbocycles. The third-order valence-corrected chi connectivity index (χ3v) is 2.63. The van der Waals surface area contributed by atoms with Gasteiger partial charge >= 0.3 is 0 Å². The first kappa shape index (κ1) is 12.3. The van der Waals surface area contributed by atoms with Gasteiger partial charge in [-0.2, -0.15) is 5.10 Å². The number of aliphatic imine (C=N–C) groups is 1. The van der Waals surface area contributed by atoms with Gasteiger partial charge in [0.05, 0.1) is 6.20 Å². The second-order valence-corrected chi connectivity index (χ2v) is 4.11. The fraction of sp³-hybridized carbons (Fsp3) is 0.0833. The number of amides is 1. The van der Waals surface area contributed by atoms with E-state index in [-0.39, 0.29) is 5.69 Å². The molecular formula is C12H11ClN4O. The predicted octanol–water partition coefficient (Wildman–Crippen LogP) is 1.92. The summed E-state index contributed by atoms with van der Waals surface area (Å²) in [4.78, 5) is 15.4. The fourth-order valence-corrected chi connectivity index (χ4v) is 1.63. The molecule has 0 radical (unpaired) electrons. The van der Waals surface area contributed by atoms with Crippen LogP contribution in [0.1, 0.15) is 16.1 Å². The number of hydrogen-bond acceptors (Lipinski definition) is 3. The summed E-state index contributed by atoms with van der Waals surface area (Å²) in [7, 11) is 1.64. The summed E-state index contributed by atoms with van der Waals surface area (Å²) in [6.45, 7) is 0. The van der Waals surface area contributed by atoms with Crippen LogP contribution in [0.3, 0.4) is 0 Å². The third-order valence-electron chi connectivity index (χ3n) is 2.38. The van der Waals surface area contributed by atoms with Gasteiger partial charge in [0, 0.05) is 18.3 Å². The van der Waals surface area contributed by atoms with Crippen LogP contribution in [0.5, 0.6) is 0 Å². The van der Waals surface area contributed by atoms with Crippen molar-refractivity contribution >= 4 is 29.4 Å². The van der Waals surface area contributed by atoms with Crippen molar-refractivity contribution in [1.82, 2.24) is 9.78 Å². The monoisotopic (exact) mass is 262 g/mol. The van der Waals surface area contributed by atoms with E-state index in [9.17, 15) is 4.79 Å². The van der Waals surface area contributed by atoms with Crippen LogP contribution in [-0.2, 0) is 7.05 Å². The predicted molar refractivity (Wildman–Crippen MR) is 70.4 cm³/mol. The maximum absolute atomic E-state index is 11.2. The number of primary amides is 1. The molecule has 0 spiro atoms. The highest BCUT2D eigenvalue weighted by Crippen LogP contribution is 2.17. The van der Waals surface area contributed by atoms with Crippen molar-refractivity contribution in [2.75, 3.05) is 0 Å². The summed E-state index contributed by atoms with van der Waals surface area (Å²) >= 11 is 5.78. The van der Waals surface area contributed by atoms with Crippen LogP contribution in [0, 0.1) is 0 Å². The first-order valence-electron chi connectivity index (χ1n) is 5.19. The van der Waals surface area contributed by atoms with E-state index >= 15 is 0 Å². The number of halogens is 1. The summed E-state index contributed by atoms with van der Waals surface area (Å²) < 4.78 is 1.40. The van der Waals surface area contributed by atoms with E-state index in [0.717, 1.165) is 5.56 Å². The number of aromatic nitrogens is 2. The van der Waals surface area contributed by atoms with Gasteiger partial charge in [-0.1, -0.05) is 23.7 Å². The lowest BCUT2D eigenvalue weighted by molar-refractivity contribution is 0.0992. The van der Waals surface area contributed by atoms with Crippen molar-refractivity contribution in [3.8, 4) is 0 Å². The normalized spacial score (nSPS) is 11.0. The lowest BCUT2D eigenvalue weighted by Gasteiger charge is -1.97. The van der Waals surface area contributed by atoms with Gasteiger partial charge < -0.3 is 5.73 Å². The second-order valence-electron chi connectivity index (χ2n) is 3.68. The molecule has 2 aromatic rings. The van der Waals surface area contributed by atoms with Crippen LogP contribution >= 0.6 is 11.6 Å². The summed E-state index contributed by atoms with van der Waals surface area (Å²) in [5.41, 5.74) is 6.85. The van der Waals surface area contributed by atoms with Crippen LogP contribution < -0.4 is 5.73 Å². The molecule has 0 aliphatic heterocycles. The molecule has 1 aromatic carbocycles. The smallest absolute Gasteiger partial charge is 0.269 e. The molecule has 2 N–H and O–H groups in total. The average Bonchev–Trinajstić information content (AvgIpc) is 2.70. The van der Waals surface area contributed by atoms with E-state index < -0.39 is 5.91 Å². The zero-order valence-electron chi connectivity index (χ0n) is 9.67. The molecule has 1 heterocycles. The van der Waals surface area contributed by atoms with Gasteiger partial charge in [0.2, 0.25) is 0 Å². The molecule has 6 heteroatoms. The lowest BCUT2D eigenvalue weighted by Crippen LogP contribution is -2.15. The Hall–Kier alpha value is -2.14. The van der Waals surface area contributed by atoms with Crippen molar-refractivity contribution in [2.24, 2.45) is 17.8 Å². The molecule has 0 fully saturated rings. The Morgan fingerprint density at radius 3 is 2.72 bits per heavy atom. The Balaban J connectivity index is 2.29. The number of rotatable bonds is 3. The highest BCUT2D eigenvalue weighted by Gasteiger charge is 2.12. The van der Waals surface area contributed by atoms with Crippen LogP contribution in [0.25, 0.3) is 0 Å². The van der Waals surface area contributed by atoms with E-state index in [2.05, 4.69) is 10.1 Å². The minimum atomic E-state index is -0.557. The van der Waals surface area contributed by atoms with Crippen molar-refractivity contribution in [3.63, 3.8) is 0 Å². The lowest BCUT2D eigenvalue weighted by atomic mass is 10.2. The SMILES string of the molecule is Cn1ncc(N=Cc2ccc(Cl)cc2)c1C(N)=O. The Bertz CT molecular complexity index is 601. The molecule has 18 heavy (non-hydrogen) atoms. The highest BCUT2D eigenvalue weighted by molar-refractivity contribution is 6.30. The van der Waals surface area contributed by atoms with Gasteiger partial charge in [0.25, 0.3) is 5.91 Å². The van der Waals surface area contributed by atoms with E-state index in [1.807, 2.05) is 12.1 Å². The molecule has 0 unspecified atom stereocenters. The molecule has 0 bridgehead atoms. The van der Waals surface area contributed by atoms with E-state index in [0.29, 0.717) is 10.7 Å². The zero-order chi connectivity index (χ0) is 13.1. The fourth-order valence-electron chi connectivity index (χ4n) is 1.50. The second kappa shape index (κ2) is 5.01. The van der Waals surface area contributed by atoms with Gasteiger partial charge in [-0.25, -0.2) is 0 Å². The van der Waals surface area contributed by atoms with E-state index in [1.54, 1.807) is 25.4 Å². The number of aryl methyl sites for hydroxylation is 1. The number of nitrogens with two attached hydrogens (primary N) is 1. The maximum Gasteiger partial charge on any atom is 0.269 e. The zero-order valence-corrected chi connectivity index (χ0v) is 10.4. The summed E-state index contributed by atoms with van der Waals surface area (Å²) in [6, 6.07) is 7.18. The topological polar surface area (TPSA) is 73.3 Å². The number of nitrogens with zero attached hydrogens (tertiary/aromatic N) is 3. The first-order chi connectivity index (χ1) is 8.58. The van der Waals surface area contributed by atoms with Gasteiger partial charge in [0.1, 0.15) is 5.69 Å². The Kier molecular flexibility index (Phi) is 3.43. The van der Waals surface area contributed by atoms with Crippen molar-refractivity contribution < 1.29 is 4.79 Å². The Morgan fingerprint density at radius 1 is 1.44 bits per heavy atom. The molecule has 92 valence electrons. The minimum absolute atomic E-state index is 0.278. The molecule has 2 rings (SSSR count). The summed E-state index contributed by atoms with van der Waals surface area (Å²) in [6.07, 6.45) is 3.12. The highest BCUT2D eigenvalue weighted by atomic mass is 35.5. The van der Waals surface area contributed by atoms with Crippen LogP contribution in [0.2, 0.25) is 5.02 Å². The quantitative estimate of drug-likeness (QED) is 0.859. The third kappa shape index (κ3) is 2.57. The Morgan fingerprint density at radius 2 is 2.11 bits per heavy atom. The molecule has 0 aliphatic carbocycles. The summed E-state index contributed by atoms with van der Waals surface area (Å²) in [5, 5.41) is 4.60. The largest absolute Gasteiger partial charge is 0.364 e. The van der Waals surface area contributed by atoms with Crippen molar-refractivity contribution in [1.29, 1.82) is 0 Å². The molecular weight excluding hydrogens is 252 g/mol. The van der Waals surface area contributed by atoms with Crippen molar-refractivity contribution in [3.05, 3.63) is 46.7 Å². The van der Waals surface area contributed by atoms with Crippen LogP contribution in [0.15, 0.2) is 35.5 Å². The molecule has 0 aliphatic rings. The number of carbonyl (C=O) groups excluding carboxylic acids is 1. The standard InChI is InChI=1S/C12H11ClN4O/c1-17-11(12(14)18)10(7-16-17)15-6-8-2-4-9(13)5-3-8/h2-7H,1H3,(H2,14,18). The molecule has 0 saturated heterocycles. The van der Waals surface area contributed by atoms with Crippen LogP contribution in [0.4, 0.5) is 5.69 Å². The van der Waals surface area contributed by atoms with Gasteiger partial charge in [-0.05, 0) is 17.7 Å². The number of benzene rings is 1. The average molecular weight is 263 g/mol. The van der Waals surface area contributed by atoms with Gasteiger partial charge in [0.15, 0.2) is 5.69 Å². The summed E-state index contributed by atoms with van der Waals surface area (Å²) in [5.74, 6) is -0.557. The van der Waals surface area contributed by atoms with Gasteiger partial charge in [-0.3, -0.25) is 14.5 Å². The number of carbonyl (C=O) groups is 1. The first-order valence-corrected chi connectivity index (χ1v) is 5.57. The number of hydrogen-bond donors (Lipinski definition) is 1. The molecule has 1 aromatic heterocycles. The Labute approximate surface area is 109 Å². The van der Waals surface area contributed by atoms with Crippen LogP contribution in [-0.4, -0.2) is 21.9 Å². The van der Waals surface area contributed by atoms with Gasteiger partial charge in [-0.15, -0.1) is 0 Å². The minimum Gasteiger partial charge on any atom is -0.364 e.